The fourth-order valence-electron chi connectivity index (χ4n) is 3.01. The second-order valence-electron chi connectivity index (χ2n) is 5.96. The molecule has 0 saturated heterocycles. The molecule has 2 heteroatoms. The van der Waals surface area contributed by atoms with Gasteiger partial charge >= 0.3 is 0 Å². The molecule has 2 aromatic carbocycles. The standard InChI is InChI=1S/C20H27NO/c1-4-21(5-2)16-19(17-12-8-6-9-13-17)20(3,22)18-14-10-7-11-15-18/h6-15,19,22H,4-5,16H2,1-3H3/t19-,20+/m0/s1. The van der Waals surface area contributed by atoms with Crippen molar-refractivity contribution in [3.05, 3.63) is 71.8 Å². The Morgan fingerprint density at radius 1 is 0.909 bits per heavy atom. The number of hydrogen-bond donors (Lipinski definition) is 1. The van der Waals surface area contributed by atoms with Gasteiger partial charge in [-0.15, -0.1) is 0 Å². The first-order chi connectivity index (χ1) is 10.6. The van der Waals surface area contributed by atoms with Crippen LogP contribution >= 0.6 is 0 Å². The van der Waals surface area contributed by atoms with Crippen molar-refractivity contribution >= 4 is 0 Å². The fourth-order valence-corrected chi connectivity index (χ4v) is 3.01. The number of likely N-dealkylation sites (N-methyl/N-ethyl adjacent to an activating group) is 1. The Labute approximate surface area is 134 Å². The highest BCUT2D eigenvalue weighted by atomic mass is 16.3. The lowest BCUT2D eigenvalue weighted by molar-refractivity contribution is 0.0139. The molecule has 118 valence electrons. The third-order valence-electron chi connectivity index (χ3n) is 4.57. The van der Waals surface area contributed by atoms with Crippen LogP contribution in [0, 0.1) is 0 Å². The lowest BCUT2D eigenvalue weighted by Gasteiger charge is -2.37. The van der Waals surface area contributed by atoms with Gasteiger partial charge in [-0.25, -0.2) is 0 Å². The molecule has 0 saturated carbocycles. The van der Waals surface area contributed by atoms with Crippen molar-refractivity contribution in [3.8, 4) is 0 Å². The summed E-state index contributed by atoms with van der Waals surface area (Å²) in [7, 11) is 0. The zero-order valence-corrected chi connectivity index (χ0v) is 13.9. The maximum absolute atomic E-state index is 11.3. The lowest BCUT2D eigenvalue weighted by atomic mass is 9.78. The Hall–Kier alpha value is -1.64. The molecule has 0 radical (unpaired) electrons. The first-order valence-corrected chi connectivity index (χ1v) is 8.14. The second-order valence-corrected chi connectivity index (χ2v) is 5.96. The molecule has 2 rings (SSSR count). The highest BCUT2D eigenvalue weighted by Gasteiger charge is 2.35. The predicted molar refractivity (Wildman–Crippen MR) is 93.0 cm³/mol. The van der Waals surface area contributed by atoms with Crippen LogP contribution in [-0.4, -0.2) is 29.6 Å². The summed E-state index contributed by atoms with van der Waals surface area (Å²) in [6, 6.07) is 20.3. The Morgan fingerprint density at radius 2 is 1.41 bits per heavy atom. The van der Waals surface area contributed by atoms with Crippen LogP contribution in [0.3, 0.4) is 0 Å². The van der Waals surface area contributed by atoms with Crippen LogP contribution in [0.15, 0.2) is 60.7 Å². The highest BCUT2D eigenvalue weighted by molar-refractivity contribution is 5.31. The quantitative estimate of drug-likeness (QED) is 0.834. The van der Waals surface area contributed by atoms with E-state index in [0.717, 1.165) is 25.2 Å². The van der Waals surface area contributed by atoms with Crippen molar-refractivity contribution in [2.45, 2.75) is 32.3 Å². The van der Waals surface area contributed by atoms with Crippen LogP contribution in [0.25, 0.3) is 0 Å². The normalized spacial score (nSPS) is 15.5. The van der Waals surface area contributed by atoms with Crippen LogP contribution in [0.5, 0.6) is 0 Å². The van der Waals surface area contributed by atoms with E-state index in [2.05, 4.69) is 30.9 Å². The van der Waals surface area contributed by atoms with Gasteiger partial charge in [-0.05, 0) is 31.1 Å². The third-order valence-corrected chi connectivity index (χ3v) is 4.57. The van der Waals surface area contributed by atoms with Crippen molar-refractivity contribution in [2.24, 2.45) is 0 Å². The summed E-state index contributed by atoms with van der Waals surface area (Å²) in [5, 5.41) is 11.3. The monoisotopic (exact) mass is 297 g/mol. The SMILES string of the molecule is CCN(CC)C[C@@H](c1ccccc1)[C@](C)(O)c1ccccc1. The topological polar surface area (TPSA) is 23.5 Å². The summed E-state index contributed by atoms with van der Waals surface area (Å²) in [5.74, 6) is 0.0380. The molecule has 1 N–H and O–H groups in total. The van der Waals surface area contributed by atoms with E-state index in [0.29, 0.717) is 0 Å². The van der Waals surface area contributed by atoms with Gasteiger partial charge < -0.3 is 10.0 Å². The first kappa shape index (κ1) is 16.7. The van der Waals surface area contributed by atoms with Crippen molar-refractivity contribution in [3.63, 3.8) is 0 Å². The summed E-state index contributed by atoms with van der Waals surface area (Å²) < 4.78 is 0. The van der Waals surface area contributed by atoms with Crippen molar-refractivity contribution < 1.29 is 5.11 Å². The average Bonchev–Trinajstić information content (AvgIpc) is 2.57. The smallest absolute Gasteiger partial charge is 0.0949 e. The maximum Gasteiger partial charge on any atom is 0.0949 e. The molecule has 0 bridgehead atoms. The molecule has 0 heterocycles. The molecule has 0 spiro atoms. The Morgan fingerprint density at radius 3 is 1.91 bits per heavy atom. The van der Waals surface area contributed by atoms with E-state index in [4.69, 9.17) is 0 Å². The minimum Gasteiger partial charge on any atom is -0.385 e. The van der Waals surface area contributed by atoms with Gasteiger partial charge in [0.05, 0.1) is 5.60 Å². The van der Waals surface area contributed by atoms with E-state index >= 15 is 0 Å². The zero-order valence-electron chi connectivity index (χ0n) is 13.9. The number of rotatable bonds is 7. The van der Waals surface area contributed by atoms with Crippen LogP contribution in [0.1, 0.15) is 37.8 Å². The largest absolute Gasteiger partial charge is 0.385 e. The van der Waals surface area contributed by atoms with E-state index in [1.54, 1.807) is 0 Å². The molecule has 0 unspecified atom stereocenters. The van der Waals surface area contributed by atoms with E-state index in [1.807, 2.05) is 55.5 Å². The van der Waals surface area contributed by atoms with E-state index < -0.39 is 5.60 Å². The molecule has 0 fully saturated rings. The molecule has 0 amide bonds. The molecular formula is C20H27NO. The molecule has 0 aromatic heterocycles. The molecule has 2 nitrogen and oxygen atoms in total. The summed E-state index contributed by atoms with van der Waals surface area (Å²) in [5.41, 5.74) is 1.25. The fraction of sp³-hybridized carbons (Fsp3) is 0.400. The van der Waals surface area contributed by atoms with Gasteiger partial charge in [0.2, 0.25) is 0 Å². The first-order valence-electron chi connectivity index (χ1n) is 8.14. The van der Waals surface area contributed by atoms with Gasteiger partial charge in [0.1, 0.15) is 0 Å². The van der Waals surface area contributed by atoms with E-state index in [-0.39, 0.29) is 5.92 Å². The molecule has 2 atom stereocenters. The van der Waals surface area contributed by atoms with Crippen LogP contribution in [0.4, 0.5) is 0 Å². The average molecular weight is 297 g/mol. The molecule has 22 heavy (non-hydrogen) atoms. The van der Waals surface area contributed by atoms with Gasteiger partial charge in [0.25, 0.3) is 0 Å². The number of benzene rings is 2. The van der Waals surface area contributed by atoms with Crippen molar-refractivity contribution in [2.75, 3.05) is 19.6 Å². The van der Waals surface area contributed by atoms with Crippen molar-refractivity contribution in [1.29, 1.82) is 0 Å². The Kier molecular flexibility index (Phi) is 5.76. The predicted octanol–water partition coefficient (Wildman–Crippen LogP) is 4.02. The highest BCUT2D eigenvalue weighted by Crippen LogP contribution is 2.37. The third kappa shape index (κ3) is 3.76. The molecule has 2 aromatic rings. The Balaban J connectivity index is 2.39. The lowest BCUT2D eigenvalue weighted by Crippen LogP contribution is -2.39. The van der Waals surface area contributed by atoms with E-state index in [9.17, 15) is 5.11 Å². The number of hydrogen-bond acceptors (Lipinski definition) is 2. The molecule has 0 aliphatic heterocycles. The molecule has 0 aliphatic carbocycles. The van der Waals surface area contributed by atoms with Crippen LogP contribution in [-0.2, 0) is 5.60 Å². The Bertz CT molecular complexity index is 546. The maximum atomic E-state index is 11.3. The van der Waals surface area contributed by atoms with E-state index in [1.165, 1.54) is 5.56 Å². The van der Waals surface area contributed by atoms with Gasteiger partial charge in [-0.1, -0.05) is 74.5 Å². The number of nitrogens with zero attached hydrogens (tertiary/aromatic N) is 1. The van der Waals surface area contributed by atoms with Gasteiger partial charge in [-0.3, -0.25) is 0 Å². The van der Waals surface area contributed by atoms with Gasteiger partial charge in [0.15, 0.2) is 0 Å². The van der Waals surface area contributed by atoms with Crippen LogP contribution in [0.2, 0.25) is 0 Å². The minimum atomic E-state index is -0.898. The minimum absolute atomic E-state index is 0.0380. The second kappa shape index (κ2) is 7.57. The summed E-state index contributed by atoms with van der Waals surface area (Å²) in [4.78, 5) is 2.37. The number of aliphatic hydroxyl groups is 1. The van der Waals surface area contributed by atoms with Gasteiger partial charge in [-0.2, -0.15) is 0 Å². The summed E-state index contributed by atoms with van der Waals surface area (Å²) in [6.45, 7) is 9.10. The summed E-state index contributed by atoms with van der Waals surface area (Å²) in [6.07, 6.45) is 0. The zero-order chi connectivity index (χ0) is 16.0. The summed E-state index contributed by atoms with van der Waals surface area (Å²) >= 11 is 0. The van der Waals surface area contributed by atoms with Gasteiger partial charge in [0, 0.05) is 12.5 Å². The molecule has 0 aliphatic rings. The molecular weight excluding hydrogens is 270 g/mol. The van der Waals surface area contributed by atoms with Crippen LogP contribution < -0.4 is 0 Å². The van der Waals surface area contributed by atoms with Crippen molar-refractivity contribution in [1.82, 2.24) is 4.90 Å².